The van der Waals surface area contributed by atoms with Gasteiger partial charge in [0.05, 0.1) is 6.54 Å². The molecule has 0 radical (unpaired) electrons. The van der Waals surface area contributed by atoms with Crippen LogP contribution in [0.5, 0.6) is 0 Å². The van der Waals surface area contributed by atoms with E-state index in [1.54, 1.807) is 45.0 Å². The van der Waals surface area contributed by atoms with Crippen molar-refractivity contribution in [3.8, 4) is 0 Å². The summed E-state index contributed by atoms with van der Waals surface area (Å²) in [6.07, 6.45) is 0.0386. The molecule has 1 heterocycles. The lowest BCUT2D eigenvalue weighted by Gasteiger charge is -2.27. The van der Waals surface area contributed by atoms with Gasteiger partial charge in [0.25, 0.3) is 0 Å². The molecule has 11 heteroatoms. The molecule has 1 aromatic carbocycles. The van der Waals surface area contributed by atoms with Crippen LogP contribution in [-0.2, 0) is 35.3 Å². The highest BCUT2D eigenvalue weighted by atomic mass is 16.6. The molecule has 2 atom stereocenters. The number of primary amides is 1. The smallest absolute Gasteiger partial charge is 0.408 e. The molecule has 4 N–H and O–H groups in total. The number of alkyl carbamates (subject to hydrolysis) is 1. The maximum absolute atomic E-state index is 12.7. The minimum atomic E-state index is -1.14. The summed E-state index contributed by atoms with van der Waals surface area (Å²) in [5.41, 5.74) is 5.26. The van der Waals surface area contributed by atoms with Crippen molar-refractivity contribution in [3.05, 3.63) is 35.9 Å². The molecule has 35 heavy (non-hydrogen) atoms. The minimum absolute atomic E-state index is 0.00364. The summed E-state index contributed by atoms with van der Waals surface area (Å²) < 4.78 is 10.5. The van der Waals surface area contributed by atoms with Crippen LogP contribution in [0, 0.1) is 0 Å². The van der Waals surface area contributed by atoms with E-state index < -0.39 is 47.5 Å². The topological polar surface area (TPSA) is 157 Å². The van der Waals surface area contributed by atoms with E-state index in [0.29, 0.717) is 19.4 Å². The monoisotopic (exact) mass is 490 g/mol. The molecule has 0 aliphatic carbocycles. The number of rotatable bonds is 10. The Morgan fingerprint density at radius 1 is 1.14 bits per heavy atom. The number of nitrogens with one attached hydrogen (secondary N) is 2. The normalized spacial score (nSPS) is 16.2. The predicted octanol–water partition coefficient (Wildman–Crippen LogP) is 0.996. The number of benzene rings is 1. The highest BCUT2D eigenvalue weighted by Gasteiger charge is 2.37. The van der Waals surface area contributed by atoms with Gasteiger partial charge >= 0.3 is 12.1 Å². The van der Waals surface area contributed by atoms with Crippen molar-refractivity contribution in [1.82, 2.24) is 15.5 Å². The summed E-state index contributed by atoms with van der Waals surface area (Å²) >= 11 is 0. The predicted molar refractivity (Wildman–Crippen MR) is 126 cm³/mol. The molecule has 0 bridgehead atoms. The second kappa shape index (κ2) is 12.7. The number of likely N-dealkylation sites (tertiary alicyclic amines) is 1. The standard InChI is InChI=1S/C24H34N4O7/c1-24(2,3)35-22(32)18-10-7-13-28(18)20(30)14-26-21(31)17(11-12-19(25)29)27-23(33)34-15-16-8-5-4-6-9-16/h4-6,8-9,17-18H,7,10-15H2,1-3H3,(H2,25,29)(H,26,31)(H,27,33)/t17-,18-/m0/s1. The Kier molecular flexibility index (Phi) is 10.0. The minimum Gasteiger partial charge on any atom is -0.458 e. The van der Waals surface area contributed by atoms with E-state index in [1.165, 1.54) is 4.90 Å². The Balaban J connectivity index is 1.92. The van der Waals surface area contributed by atoms with Gasteiger partial charge in [-0.25, -0.2) is 9.59 Å². The number of hydrogen-bond donors (Lipinski definition) is 3. The van der Waals surface area contributed by atoms with Gasteiger partial charge in [-0.2, -0.15) is 0 Å². The fourth-order valence-electron chi connectivity index (χ4n) is 3.53. The third-order valence-corrected chi connectivity index (χ3v) is 5.17. The maximum atomic E-state index is 12.7. The molecule has 192 valence electrons. The molecule has 0 spiro atoms. The quantitative estimate of drug-likeness (QED) is 0.413. The fourth-order valence-corrected chi connectivity index (χ4v) is 3.53. The number of carbonyl (C=O) groups excluding carboxylic acids is 5. The van der Waals surface area contributed by atoms with Crippen LogP contribution >= 0.6 is 0 Å². The van der Waals surface area contributed by atoms with Crippen LogP contribution < -0.4 is 16.4 Å². The molecule has 0 unspecified atom stereocenters. The number of ether oxygens (including phenoxy) is 2. The van der Waals surface area contributed by atoms with Crippen molar-refractivity contribution >= 4 is 29.8 Å². The lowest BCUT2D eigenvalue weighted by molar-refractivity contribution is -0.163. The molecule has 11 nitrogen and oxygen atoms in total. The molecule has 1 aliphatic heterocycles. The van der Waals surface area contributed by atoms with Gasteiger partial charge in [0.1, 0.15) is 24.3 Å². The largest absolute Gasteiger partial charge is 0.458 e. The zero-order valence-electron chi connectivity index (χ0n) is 20.4. The molecule has 2 rings (SSSR count). The Morgan fingerprint density at radius 3 is 2.46 bits per heavy atom. The van der Waals surface area contributed by atoms with Crippen LogP contribution in [0.3, 0.4) is 0 Å². The Labute approximate surface area is 204 Å². The molecule has 0 aromatic heterocycles. The molecule has 1 aromatic rings. The molecule has 4 amide bonds. The first-order chi connectivity index (χ1) is 16.5. The average Bonchev–Trinajstić information content (AvgIpc) is 3.28. The van der Waals surface area contributed by atoms with Gasteiger partial charge in [0.15, 0.2) is 0 Å². The van der Waals surface area contributed by atoms with Crippen molar-refractivity contribution in [2.75, 3.05) is 13.1 Å². The van der Waals surface area contributed by atoms with Crippen molar-refractivity contribution in [2.24, 2.45) is 5.73 Å². The van der Waals surface area contributed by atoms with Crippen LogP contribution in [0.25, 0.3) is 0 Å². The van der Waals surface area contributed by atoms with E-state index in [-0.39, 0.29) is 26.0 Å². The van der Waals surface area contributed by atoms with Gasteiger partial charge in [0.2, 0.25) is 17.7 Å². The zero-order chi connectivity index (χ0) is 26.0. The lowest BCUT2D eigenvalue weighted by atomic mass is 10.1. The van der Waals surface area contributed by atoms with E-state index in [2.05, 4.69) is 10.6 Å². The first-order valence-electron chi connectivity index (χ1n) is 11.5. The summed E-state index contributed by atoms with van der Waals surface area (Å²) in [7, 11) is 0. The van der Waals surface area contributed by atoms with Gasteiger partial charge < -0.3 is 30.7 Å². The summed E-state index contributed by atoms with van der Waals surface area (Å²) in [6.45, 7) is 5.22. The molecule has 1 saturated heterocycles. The van der Waals surface area contributed by atoms with E-state index in [9.17, 15) is 24.0 Å². The Hall–Kier alpha value is -3.63. The van der Waals surface area contributed by atoms with Crippen molar-refractivity contribution < 1.29 is 33.4 Å². The zero-order valence-corrected chi connectivity index (χ0v) is 20.4. The SMILES string of the molecule is CC(C)(C)OC(=O)[C@@H]1CCCN1C(=O)CNC(=O)[C@H](CCC(N)=O)NC(=O)OCc1ccccc1. The van der Waals surface area contributed by atoms with Crippen LogP contribution in [-0.4, -0.2) is 65.5 Å². The molecule has 1 aliphatic rings. The van der Waals surface area contributed by atoms with Crippen molar-refractivity contribution in [3.63, 3.8) is 0 Å². The maximum Gasteiger partial charge on any atom is 0.408 e. The third kappa shape index (κ3) is 9.63. The van der Waals surface area contributed by atoms with E-state index in [0.717, 1.165) is 5.56 Å². The summed E-state index contributed by atoms with van der Waals surface area (Å²) in [5, 5.41) is 4.87. The molecule has 0 saturated carbocycles. The number of nitrogens with zero attached hydrogens (tertiary/aromatic N) is 1. The van der Waals surface area contributed by atoms with Gasteiger partial charge in [-0.3, -0.25) is 14.4 Å². The lowest BCUT2D eigenvalue weighted by Crippen LogP contribution is -2.51. The highest BCUT2D eigenvalue weighted by Crippen LogP contribution is 2.21. The van der Waals surface area contributed by atoms with Gasteiger partial charge in [-0.05, 0) is 45.6 Å². The average molecular weight is 491 g/mol. The number of esters is 1. The van der Waals surface area contributed by atoms with Gasteiger partial charge in [0, 0.05) is 13.0 Å². The van der Waals surface area contributed by atoms with Crippen LogP contribution in [0.15, 0.2) is 30.3 Å². The number of amides is 4. The second-order valence-corrected chi connectivity index (χ2v) is 9.26. The Bertz CT molecular complexity index is 914. The van der Waals surface area contributed by atoms with Gasteiger partial charge in [-0.15, -0.1) is 0 Å². The van der Waals surface area contributed by atoms with E-state index in [1.807, 2.05) is 6.07 Å². The molecular formula is C24H34N4O7. The van der Waals surface area contributed by atoms with Gasteiger partial charge in [-0.1, -0.05) is 30.3 Å². The highest BCUT2D eigenvalue weighted by molar-refractivity contribution is 5.91. The summed E-state index contributed by atoms with van der Waals surface area (Å²) in [5.74, 6) is -2.26. The summed E-state index contributed by atoms with van der Waals surface area (Å²) in [4.78, 5) is 62.6. The van der Waals surface area contributed by atoms with Crippen LogP contribution in [0.1, 0.15) is 52.0 Å². The number of hydrogen-bond acceptors (Lipinski definition) is 7. The first-order valence-corrected chi connectivity index (χ1v) is 11.5. The Morgan fingerprint density at radius 2 is 1.83 bits per heavy atom. The first kappa shape index (κ1) is 27.6. The van der Waals surface area contributed by atoms with Crippen molar-refractivity contribution in [1.29, 1.82) is 0 Å². The van der Waals surface area contributed by atoms with Crippen LogP contribution in [0.2, 0.25) is 0 Å². The molecule has 1 fully saturated rings. The number of carbonyl (C=O) groups is 5. The number of nitrogens with two attached hydrogens (primary N) is 1. The van der Waals surface area contributed by atoms with Crippen LogP contribution in [0.4, 0.5) is 4.79 Å². The van der Waals surface area contributed by atoms with Crippen molar-refractivity contribution in [2.45, 2.75) is 70.7 Å². The van der Waals surface area contributed by atoms with E-state index >= 15 is 0 Å². The fraction of sp³-hybridized carbons (Fsp3) is 0.542. The molecular weight excluding hydrogens is 456 g/mol. The van der Waals surface area contributed by atoms with E-state index in [4.69, 9.17) is 15.2 Å². The summed E-state index contributed by atoms with van der Waals surface area (Å²) in [6, 6.07) is 7.12. The second-order valence-electron chi connectivity index (χ2n) is 9.26. The third-order valence-electron chi connectivity index (χ3n) is 5.17.